The minimum absolute atomic E-state index is 0. The van der Waals surface area contributed by atoms with Gasteiger partial charge in [-0.15, -0.1) is 35.4 Å². The van der Waals surface area contributed by atoms with Crippen molar-refractivity contribution in [2.45, 2.75) is 158 Å². The summed E-state index contributed by atoms with van der Waals surface area (Å²) in [5.41, 5.74) is 23.1. The van der Waals surface area contributed by atoms with Crippen LogP contribution in [0.15, 0.2) is 256 Å². The first-order valence-corrected chi connectivity index (χ1v) is 66.4. The van der Waals surface area contributed by atoms with E-state index in [0.717, 1.165) is 79.3 Å². The van der Waals surface area contributed by atoms with E-state index in [1.165, 1.54) is 130 Å². The van der Waals surface area contributed by atoms with Gasteiger partial charge in [-0.2, -0.15) is 0 Å². The molecule has 0 bridgehead atoms. The second kappa shape index (κ2) is 41.9. The second-order valence-corrected chi connectivity index (χ2v) is 50.1. The third-order valence-electron chi connectivity index (χ3n) is 19.9. The molecular weight excluding hydrogens is 1910 g/mol. The predicted octanol–water partition coefficient (Wildman–Crippen LogP) is 28.3. The molecule has 0 radical (unpaired) electrons. The van der Waals surface area contributed by atoms with Crippen molar-refractivity contribution in [2.75, 3.05) is 0 Å². The molecule has 0 aliphatic heterocycles. The number of hydrogen-bond donors (Lipinski definition) is 0. The number of imidazole rings is 4. The molecular formula is C96H98Cl4K2N8O2Pt2. The molecule has 584 valence electrons. The smallest absolute Gasteiger partial charge is 2.00 e. The summed E-state index contributed by atoms with van der Waals surface area (Å²) in [6.45, 7) is 36.0. The van der Waals surface area contributed by atoms with Crippen LogP contribution in [-0.2, 0) is 33.0 Å². The number of ether oxygens (including phenoxy) is 2. The number of halogens is 4. The van der Waals surface area contributed by atoms with Gasteiger partial charge in [0.05, 0.1) is 23.0 Å². The molecule has 10 nitrogen and oxygen atoms in total. The van der Waals surface area contributed by atoms with Gasteiger partial charge in [0.25, 0.3) is 0 Å². The van der Waals surface area contributed by atoms with Crippen LogP contribution in [0.5, 0.6) is 23.0 Å². The molecule has 14 rings (SSSR count). The molecule has 0 atom stereocenters. The van der Waals surface area contributed by atoms with Gasteiger partial charge < -0.3 is 18.6 Å². The number of hydrogen-bond acceptors (Lipinski definition) is 6. The molecule has 0 aliphatic carbocycles. The molecule has 0 spiro atoms. The Morgan fingerprint density at radius 3 is 0.974 bits per heavy atom. The van der Waals surface area contributed by atoms with Crippen LogP contribution in [0.4, 0.5) is 0 Å². The first-order valence-electron chi connectivity index (χ1n) is 39.2. The van der Waals surface area contributed by atoms with Crippen LogP contribution in [0.1, 0.15) is 203 Å². The number of nitrogens with zero attached hydrogens (tertiary/aromatic N) is 8. The summed E-state index contributed by atoms with van der Waals surface area (Å²) in [6, 6.07) is 79.5. The Balaban J connectivity index is 0.000000221. The zero-order valence-corrected chi connectivity index (χ0v) is 82.2. The Morgan fingerprint density at radius 1 is 0.289 bits per heavy atom. The van der Waals surface area contributed by atoms with Crippen LogP contribution in [0, 0.1) is 12.1 Å². The van der Waals surface area contributed by atoms with Crippen molar-refractivity contribution in [3.8, 4) is 114 Å². The van der Waals surface area contributed by atoms with Crippen LogP contribution >= 0.6 is 37.7 Å². The van der Waals surface area contributed by atoms with Gasteiger partial charge in [-0.05, 0) is 139 Å². The summed E-state index contributed by atoms with van der Waals surface area (Å²) < 4.78 is 22.4. The van der Waals surface area contributed by atoms with E-state index in [4.69, 9.17) is 67.1 Å². The molecule has 114 heavy (non-hydrogen) atoms. The van der Waals surface area contributed by atoms with Gasteiger partial charge in [0, 0.05) is 83.6 Å². The van der Waals surface area contributed by atoms with E-state index in [0.29, 0.717) is 58.8 Å². The maximum atomic E-state index is 6.78. The molecule has 0 aliphatic rings. The van der Waals surface area contributed by atoms with Crippen LogP contribution < -0.4 is 9.47 Å². The molecule has 4 heterocycles. The van der Waals surface area contributed by atoms with E-state index >= 15 is 0 Å². The van der Waals surface area contributed by atoms with Gasteiger partial charge in [-0.25, -0.2) is 9.97 Å². The molecule has 18 heteroatoms. The summed E-state index contributed by atoms with van der Waals surface area (Å²) in [7, 11) is 20.0. The maximum absolute atomic E-state index is 6.78. The van der Waals surface area contributed by atoms with E-state index < -0.39 is 11.9 Å². The van der Waals surface area contributed by atoms with Gasteiger partial charge in [-0.3, -0.25) is 19.1 Å². The second-order valence-electron chi connectivity index (χ2n) is 30.4. The average Bonchev–Trinajstić information content (AvgIpc) is 1.54. The number of para-hydroxylation sites is 4. The molecule has 0 N–H and O–H groups in total. The zero-order valence-electron chi connectivity index (χ0n) is 68.4. The third-order valence-corrected chi connectivity index (χ3v) is 19.9. The Kier molecular flexibility index (Phi) is 33.4. The first kappa shape index (κ1) is 90.8. The Morgan fingerprint density at radius 2 is 0.588 bits per heavy atom. The van der Waals surface area contributed by atoms with Crippen molar-refractivity contribution < 1.29 is 42.4 Å². The molecule has 0 amide bonds. The van der Waals surface area contributed by atoms with E-state index in [-0.39, 0.29) is 21.1 Å². The largest absolute Gasteiger partial charge is 2.00 e. The summed E-state index contributed by atoms with van der Waals surface area (Å²) in [4.78, 5) is 19.6. The topological polar surface area (TPSA) is 89.7 Å². The van der Waals surface area contributed by atoms with Gasteiger partial charge in [-0.1, -0.05) is 280 Å². The average molecular weight is 2010 g/mol. The molecule has 0 unspecified atom stereocenters. The van der Waals surface area contributed by atoms with Crippen molar-refractivity contribution in [3.05, 3.63) is 312 Å². The summed E-state index contributed by atoms with van der Waals surface area (Å²) in [6.07, 6.45) is 15.8. The fourth-order valence-corrected chi connectivity index (χ4v) is 14.6. The minimum atomic E-state index is -3.06. The van der Waals surface area contributed by atoms with E-state index in [2.05, 4.69) is 324 Å². The van der Waals surface area contributed by atoms with Crippen molar-refractivity contribution >= 4 is 101 Å². The molecule has 10 aromatic carbocycles. The predicted molar refractivity (Wildman–Crippen MR) is 472 cm³/mol. The van der Waals surface area contributed by atoms with Gasteiger partial charge in [0.2, 0.25) is 0 Å². The standard InChI is InChI=1S/C48H50N4O.C48H48N4O.4ClH.2K.2Pt/c2*1-31(2)41-19-13-20-42(32(3)4)45(41)51-25-23-49-47(51)36-17-12-18-39(28-36)53-40-29-37(35-15-10-9-11-16-35)27-38(30-40)48-50-24-26-52(48)46-43(33(5)6)21-14-22-44(46)34(7)8;;;;;;;;/h9-34H,1-8H3;9-27,29,31-34H,1-8H3;4*1H;;;;/q;-2;;;;;;;+2;+4/p-4. The van der Waals surface area contributed by atoms with Crippen molar-refractivity contribution in [1.82, 2.24) is 38.2 Å². The van der Waals surface area contributed by atoms with Gasteiger partial charge >= 0.3 is 134 Å². The SMILES string of the molecule is CC(C)c1cccc(C(C)C)c1-n1ccnc1-c1[c-]c(Oc2[c-]c(-c3nccn3-c3c(C(C)C)cccc3C(C)C)cc(-c3ccccc3)c2)ccc1.CC(C)c1cccc(C(C)C)c1-n1ccnc1-c1cccc(Oc2cc(-c3ccccc3)cc(-c3nccn3-c3c(C(C)C)cccc3C(C)C)c2)c1.[Cl][Pt]([Cl])([Cl])[Cl].[K][K].[Pt+2]. The van der Waals surface area contributed by atoms with Gasteiger partial charge in [0.15, 0.2) is 0 Å². The third kappa shape index (κ3) is 22.3. The van der Waals surface area contributed by atoms with Crippen LogP contribution in [0.25, 0.3) is 90.6 Å². The molecule has 0 fully saturated rings. The van der Waals surface area contributed by atoms with Crippen LogP contribution in [0.3, 0.4) is 0 Å². The van der Waals surface area contributed by atoms with E-state index in [1.807, 2.05) is 73.3 Å². The zero-order chi connectivity index (χ0) is 80.9. The summed E-state index contributed by atoms with van der Waals surface area (Å²) >= 11 is -0.556. The van der Waals surface area contributed by atoms with E-state index in [1.54, 1.807) is 0 Å². The van der Waals surface area contributed by atoms with Crippen molar-refractivity contribution in [3.63, 3.8) is 0 Å². The Bertz CT molecular complexity index is 5070. The fraction of sp³-hybridized carbons (Fsp3) is 0.250. The molecule has 4 aromatic heterocycles. The monoisotopic (exact) mass is 2000 g/mol. The van der Waals surface area contributed by atoms with Gasteiger partial charge in [0.1, 0.15) is 23.1 Å². The van der Waals surface area contributed by atoms with Crippen LogP contribution in [-0.4, -0.2) is 101 Å². The van der Waals surface area contributed by atoms with E-state index in [9.17, 15) is 0 Å². The quantitative estimate of drug-likeness (QED) is 0.0496. The number of rotatable bonds is 22. The summed E-state index contributed by atoms with van der Waals surface area (Å²) in [5, 5.41) is 0. The normalized spacial score (nSPS) is 11.6. The minimum Gasteiger partial charge on any atom is 2.00 e. The Hall–Kier alpha value is -5.55. The van der Waals surface area contributed by atoms with Crippen molar-refractivity contribution in [2.24, 2.45) is 0 Å². The first-order chi connectivity index (χ1) is 54.2. The van der Waals surface area contributed by atoms with Crippen LogP contribution in [0.2, 0.25) is 0 Å². The number of benzene rings is 10. The number of aromatic nitrogens is 8. The maximum Gasteiger partial charge on any atom is 2.00 e. The summed E-state index contributed by atoms with van der Waals surface area (Å²) in [5.74, 6) is 8.87. The fourth-order valence-electron chi connectivity index (χ4n) is 14.6. The molecule has 0 saturated carbocycles. The Labute approximate surface area is 754 Å². The van der Waals surface area contributed by atoms with Crippen molar-refractivity contribution in [1.29, 1.82) is 0 Å². The molecule has 14 aromatic rings. The molecule has 0 saturated heterocycles.